The zero-order valence-electron chi connectivity index (χ0n) is 12.8. The Labute approximate surface area is 119 Å². The van der Waals surface area contributed by atoms with Gasteiger partial charge < -0.3 is 9.31 Å². The van der Waals surface area contributed by atoms with Crippen LogP contribution in [0, 0.1) is 11.3 Å². The lowest BCUT2D eigenvalue weighted by atomic mass is 9.81. The van der Waals surface area contributed by atoms with Crippen LogP contribution in [-0.2, 0) is 9.31 Å². The van der Waals surface area contributed by atoms with Gasteiger partial charge in [0.05, 0.1) is 6.07 Å². The maximum Gasteiger partial charge on any atom is 0.456 e. The number of nitriles is 1. The second kappa shape index (κ2) is 15.5. The Balaban J connectivity index is 3.69. The first kappa shape index (κ1) is 18.5. The highest BCUT2D eigenvalue weighted by Gasteiger charge is 2.17. The molecular weight excluding hydrogens is 237 g/mol. The molecule has 0 saturated heterocycles. The number of hydrogen-bond acceptors (Lipinski definition) is 3. The highest BCUT2D eigenvalue weighted by molar-refractivity contribution is 6.44. The van der Waals surface area contributed by atoms with Crippen molar-refractivity contribution in [2.24, 2.45) is 0 Å². The van der Waals surface area contributed by atoms with Crippen molar-refractivity contribution in [1.29, 1.82) is 5.26 Å². The number of rotatable bonds is 14. The minimum absolute atomic E-state index is 0.0626. The Kier molecular flexibility index (Phi) is 15.1. The molecule has 0 aliphatic rings. The molecule has 0 radical (unpaired) electrons. The predicted molar refractivity (Wildman–Crippen MR) is 81.0 cm³/mol. The molecule has 0 fully saturated rings. The van der Waals surface area contributed by atoms with E-state index in [1.54, 1.807) is 0 Å². The monoisotopic (exact) mass is 267 g/mol. The summed E-state index contributed by atoms with van der Waals surface area (Å²) in [6, 6.07) is 2.18. The van der Waals surface area contributed by atoms with Gasteiger partial charge in [0.25, 0.3) is 0 Å². The minimum Gasteiger partial charge on any atom is -0.411 e. The Morgan fingerprint density at radius 2 is 1.42 bits per heavy atom. The molecule has 0 heterocycles. The van der Waals surface area contributed by atoms with Crippen LogP contribution in [0.4, 0.5) is 0 Å². The van der Waals surface area contributed by atoms with Crippen molar-refractivity contribution in [3.8, 4) is 6.07 Å². The van der Waals surface area contributed by atoms with Crippen LogP contribution in [0.15, 0.2) is 0 Å². The standard InChI is InChI=1S/C15H30BNO2/c1-3-5-10-14-18-16(12-8-7-9-13-17)19-15-11-6-4-2/h3-12,14-15H2,1-2H3. The zero-order valence-corrected chi connectivity index (χ0v) is 12.8. The van der Waals surface area contributed by atoms with Crippen LogP contribution >= 0.6 is 0 Å². The molecular formula is C15H30BNO2. The van der Waals surface area contributed by atoms with E-state index in [1.165, 1.54) is 25.7 Å². The van der Waals surface area contributed by atoms with Gasteiger partial charge >= 0.3 is 7.12 Å². The molecule has 0 aromatic heterocycles. The summed E-state index contributed by atoms with van der Waals surface area (Å²) in [6.45, 7) is 5.98. The van der Waals surface area contributed by atoms with Gasteiger partial charge in [-0.25, -0.2) is 0 Å². The molecule has 0 aromatic carbocycles. The summed E-state index contributed by atoms with van der Waals surface area (Å²) in [5.74, 6) is 0. The molecule has 0 saturated carbocycles. The lowest BCUT2D eigenvalue weighted by Gasteiger charge is -2.14. The topological polar surface area (TPSA) is 42.2 Å². The van der Waals surface area contributed by atoms with E-state index >= 15 is 0 Å². The van der Waals surface area contributed by atoms with Gasteiger partial charge in [-0.1, -0.05) is 46.0 Å². The van der Waals surface area contributed by atoms with Crippen molar-refractivity contribution in [1.82, 2.24) is 0 Å². The van der Waals surface area contributed by atoms with Crippen molar-refractivity contribution in [2.45, 2.75) is 78.0 Å². The highest BCUT2D eigenvalue weighted by atomic mass is 16.6. The summed E-state index contributed by atoms with van der Waals surface area (Å²) < 4.78 is 11.6. The summed E-state index contributed by atoms with van der Waals surface area (Å²) in [6.07, 6.45) is 10.6. The molecule has 19 heavy (non-hydrogen) atoms. The Hall–Kier alpha value is -0.525. The van der Waals surface area contributed by atoms with Gasteiger partial charge in [0, 0.05) is 19.6 Å². The SMILES string of the molecule is CCCCCOB(CCCCC#N)OCCCCC. The quantitative estimate of drug-likeness (QED) is 0.341. The van der Waals surface area contributed by atoms with E-state index < -0.39 is 0 Å². The number of hydrogen-bond donors (Lipinski definition) is 0. The molecule has 0 N–H and O–H groups in total. The smallest absolute Gasteiger partial charge is 0.411 e. The van der Waals surface area contributed by atoms with Gasteiger partial charge in [-0.15, -0.1) is 0 Å². The predicted octanol–water partition coefficient (Wildman–Crippen LogP) is 4.58. The van der Waals surface area contributed by atoms with Crippen LogP contribution in [0.25, 0.3) is 0 Å². The van der Waals surface area contributed by atoms with Crippen molar-refractivity contribution in [2.75, 3.05) is 13.2 Å². The lowest BCUT2D eigenvalue weighted by molar-refractivity contribution is 0.189. The number of unbranched alkanes of at least 4 members (excludes halogenated alkanes) is 6. The fourth-order valence-electron chi connectivity index (χ4n) is 1.86. The van der Waals surface area contributed by atoms with Gasteiger partial charge in [0.2, 0.25) is 0 Å². The molecule has 0 unspecified atom stereocenters. The molecule has 3 nitrogen and oxygen atoms in total. The van der Waals surface area contributed by atoms with Crippen molar-refractivity contribution in [3.05, 3.63) is 0 Å². The van der Waals surface area contributed by atoms with Crippen molar-refractivity contribution >= 4 is 7.12 Å². The van der Waals surface area contributed by atoms with Crippen LogP contribution in [0.1, 0.15) is 71.6 Å². The van der Waals surface area contributed by atoms with E-state index in [0.717, 1.165) is 45.2 Å². The lowest BCUT2D eigenvalue weighted by Crippen LogP contribution is -2.24. The van der Waals surface area contributed by atoms with E-state index in [1.807, 2.05) is 0 Å². The number of nitrogens with zero attached hydrogens (tertiary/aromatic N) is 1. The van der Waals surface area contributed by atoms with E-state index in [-0.39, 0.29) is 7.12 Å². The third kappa shape index (κ3) is 13.7. The van der Waals surface area contributed by atoms with Crippen molar-refractivity contribution < 1.29 is 9.31 Å². The fraction of sp³-hybridized carbons (Fsp3) is 0.933. The first-order chi connectivity index (χ1) is 9.35. The molecule has 0 amide bonds. The highest BCUT2D eigenvalue weighted by Crippen LogP contribution is 2.09. The third-order valence-corrected chi connectivity index (χ3v) is 3.08. The molecule has 110 valence electrons. The van der Waals surface area contributed by atoms with E-state index in [9.17, 15) is 0 Å². The Bertz CT molecular complexity index is 207. The molecule has 4 heteroatoms. The molecule has 0 aromatic rings. The first-order valence-corrected chi connectivity index (χ1v) is 7.95. The average molecular weight is 267 g/mol. The Morgan fingerprint density at radius 1 is 0.842 bits per heavy atom. The third-order valence-electron chi connectivity index (χ3n) is 3.08. The van der Waals surface area contributed by atoms with Crippen molar-refractivity contribution in [3.63, 3.8) is 0 Å². The van der Waals surface area contributed by atoms with Crippen LogP contribution < -0.4 is 0 Å². The maximum absolute atomic E-state index is 8.52. The van der Waals surface area contributed by atoms with Gasteiger partial charge in [-0.05, 0) is 25.6 Å². The van der Waals surface area contributed by atoms with Gasteiger partial charge in [-0.2, -0.15) is 5.26 Å². The normalized spacial score (nSPS) is 10.4. The van der Waals surface area contributed by atoms with Crippen LogP contribution in [0.2, 0.25) is 6.32 Å². The summed E-state index contributed by atoms with van der Waals surface area (Å²) in [7, 11) is -0.0626. The summed E-state index contributed by atoms with van der Waals surface area (Å²) >= 11 is 0. The molecule has 0 rings (SSSR count). The molecule has 0 aliphatic heterocycles. The second-order valence-electron chi connectivity index (χ2n) is 4.99. The van der Waals surface area contributed by atoms with Crippen LogP contribution in [0.5, 0.6) is 0 Å². The fourth-order valence-corrected chi connectivity index (χ4v) is 1.86. The first-order valence-electron chi connectivity index (χ1n) is 7.95. The molecule has 0 aliphatic carbocycles. The molecule has 0 bridgehead atoms. The summed E-state index contributed by atoms with van der Waals surface area (Å²) in [4.78, 5) is 0. The van der Waals surface area contributed by atoms with E-state index in [4.69, 9.17) is 14.6 Å². The van der Waals surface area contributed by atoms with Gasteiger partial charge in [0.1, 0.15) is 0 Å². The van der Waals surface area contributed by atoms with E-state index in [2.05, 4.69) is 19.9 Å². The largest absolute Gasteiger partial charge is 0.456 e. The summed E-state index contributed by atoms with van der Waals surface area (Å²) in [5.41, 5.74) is 0. The van der Waals surface area contributed by atoms with Gasteiger partial charge in [-0.3, -0.25) is 0 Å². The van der Waals surface area contributed by atoms with E-state index in [0.29, 0.717) is 6.42 Å². The Morgan fingerprint density at radius 3 is 1.89 bits per heavy atom. The van der Waals surface area contributed by atoms with Gasteiger partial charge in [0.15, 0.2) is 0 Å². The molecule has 0 atom stereocenters. The maximum atomic E-state index is 8.52. The second-order valence-corrected chi connectivity index (χ2v) is 4.99. The molecule has 0 spiro atoms. The zero-order chi connectivity index (χ0) is 14.2. The van der Waals surface area contributed by atoms with Crippen LogP contribution in [-0.4, -0.2) is 20.3 Å². The average Bonchev–Trinajstić information content (AvgIpc) is 2.43. The van der Waals surface area contributed by atoms with Crippen LogP contribution in [0.3, 0.4) is 0 Å². The summed E-state index contributed by atoms with van der Waals surface area (Å²) in [5, 5.41) is 8.52. The minimum atomic E-state index is -0.0626.